The van der Waals surface area contributed by atoms with Gasteiger partial charge in [0, 0.05) is 92.2 Å². The van der Waals surface area contributed by atoms with Crippen molar-refractivity contribution in [3.05, 3.63) is 211 Å². The standard InChI is InChI=1S/C62H46O12S6.C4H10O/c63-57-51-17-9-43(10-18-51)1-5-47-37-48-6-2-44-11-19-52(20-12-44)58(64)70-27-33-77-78-34-28-72-60(66)54-23-15-46(16-24-54)4-8-50-38-49(7-3-45-13-21-53(22-14-45)59(65)71-26-32-76-75-31-25-69-57)41-56(42-50)62(68)74-30-36-80-79-35-29-73-61(67)55(39-47)40-48;1-3-5-4-2/h9-24,37-42H,25-36H2;3-4H2,1-2H3. The molecule has 0 unspecified atom stereocenters. The van der Waals surface area contributed by atoms with Gasteiger partial charge in [-0.25, -0.2) is 28.8 Å². The van der Waals surface area contributed by atoms with Crippen molar-refractivity contribution in [1.82, 2.24) is 0 Å². The van der Waals surface area contributed by atoms with Gasteiger partial charge in [-0.3, -0.25) is 0 Å². The summed E-state index contributed by atoms with van der Waals surface area (Å²) in [6.07, 6.45) is 0. The number of hydrogen-bond donors (Lipinski definition) is 0. The minimum atomic E-state index is -0.568. The van der Waals surface area contributed by atoms with Crippen molar-refractivity contribution in [3.63, 3.8) is 0 Å². The Morgan fingerprint density at radius 3 is 0.659 bits per heavy atom. The average Bonchev–Trinajstić information content (AvgIpc) is 3.62. The molecule has 6 heterocycles. The summed E-state index contributed by atoms with van der Waals surface area (Å²) in [5.41, 5.74) is 6.38. The molecule has 14 bridgehead atoms. The van der Waals surface area contributed by atoms with E-state index in [0.717, 1.165) is 13.2 Å². The van der Waals surface area contributed by atoms with Gasteiger partial charge < -0.3 is 33.2 Å². The fourth-order valence-corrected chi connectivity index (χ4v) is 12.1. The average molecular weight is 1250 g/mol. The summed E-state index contributed by atoms with van der Waals surface area (Å²) < 4.78 is 38.1. The van der Waals surface area contributed by atoms with Crippen molar-refractivity contribution in [2.75, 3.05) is 87.4 Å². The molecule has 6 aromatic carbocycles. The Hall–Kier alpha value is -7.56. The van der Waals surface area contributed by atoms with Gasteiger partial charge in [0.05, 0.1) is 33.4 Å². The monoisotopic (exact) mass is 1250 g/mol. The zero-order chi connectivity index (χ0) is 59.9. The van der Waals surface area contributed by atoms with E-state index in [0.29, 0.717) is 101 Å². The van der Waals surface area contributed by atoms with E-state index in [-0.39, 0.29) is 50.8 Å². The quantitative estimate of drug-likeness (QED) is 0.0694. The van der Waals surface area contributed by atoms with Crippen molar-refractivity contribution in [2.24, 2.45) is 0 Å². The van der Waals surface area contributed by atoms with E-state index in [9.17, 15) is 28.8 Å². The van der Waals surface area contributed by atoms with Crippen LogP contribution in [-0.2, 0) is 33.2 Å². The van der Waals surface area contributed by atoms with Gasteiger partial charge in [0.15, 0.2) is 0 Å². The van der Waals surface area contributed by atoms with E-state index in [1.807, 2.05) is 13.8 Å². The van der Waals surface area contributed by atoms with E-state index in [1.54, 1.807) is 133 Å². The molecule has 0 amide bonds. The lowest BCUT2D eigenvalue weighted by atomic mass is 10.0. The molecule has 6 aliphatic heterocycles. The third-order valence-electron chi connectivity index (χ3n) is 11.3. The minimum absolute atomic E-state index is 0.0946. The Morgan fingerprint density at radius 1 is 0.282 bits per heavy atom. The third-order valence-corrected chi connectivity index (χ3v) is 18.3. The number of benzene rings is 6. The zero-order valence-electron chi connectivity index (χ0n) is 46.4. The molecule has 19 heteroatoms. The number of fused-ring (bicyclic) bond motifs is 4. The Labute approximate surface area is 518 Å². The van der Waals surface area contributed by atoms with Crippen LogP contribution in [-0.4, -0.2) is 123 Å². The van der Waals surface area contributed by atoms with Crippen LogP contribution < -0.4 is 0 Å². The van der Waals surface area contributed by atoms with Crippen LogP contribution in [0.2, 0.25) is 0 Å². The molecule has 0 saturated carbocycles. The van der Waals surface area contributed by atoms with Gasteiger partial charge in [0.2, 0.25) is 0 Å². The summed E-state index contributed by atoms with van der Waals surface area (Å²) >= 11 is 0. The second-order valence-corrected chi connectivity index (χ2v) is 25.5. The molecule has 12 rings (SSSR count). The van der Waals surface area contributed by atoms with Crippen LogP contribution in [0.3, 0.4) is 0 Å². The molecule has 6 aromatic rings. The molecule has 0 aromatic heterocycles. The highest BCUT2D eigenvalue weighted by atomic mass is 33.1. The van der Waals surface area contributed by atoms with Gasteiger partial charge in [-0.05, 0) is 147 Å². The van der Waals surface area contributed by atoms with Crippen LogP contribution in [0.5, 0.6) is 0 Å². The van der Waals surface area contributed by atoms with Crippen LogP contribution >= 0.6 is 64.8 Å². The molecule has 0 spiro atoms. The zero-order valence-corrected chi connectivity index (χ0v) is 51.3. The maximum absolute atomic E-state index is 13.5. The molecule has 0 saturated heterocycles. The molecule has 434 valence electrons. The van der Waals surface area contributed by atoms with Crippen molar-refractivity contribution in [3.8, 4) is 47.4 Å². The van der Waals surface area contributed by atoms with Crippen LogP contribution in [0.4, 0.5) is 0 Å². The summed E-state index contributed by atoms with van der Waals surface area (Å²) in [6, 6.07) is 36.7. The largest absolute Gasteiger partial charge is 0.461 e. The summed E-state index contributed by atoms with van der Waals surface area (Å²) in [5, 5.41) is 0. The number of carbonyl (C=O) groups is 6. The van der Waals surface area contributed by atoms with Gasteiger partial charge in [0.1, 0.15) is 39.6 Å². The fraction of sp³-hybridized carbons (Fsp3) is 0.242. The van der Waals surface area contributed by atoms with Crippen LogP contribution in [0.1, 0.15) is 121 Å². The Kier molecular flexibility index (Phi) is 27.8. The van der Waals surface area contributed by atoms with E-state index >= 15 is 0 Å². The normalized spacial score (nSPS) is 15.2. The van der Waals surface area contributed by atoms with Crippen LogP contribution in [0.25, 0.3) is 0 Å². The summed E-state index contributed by atoms with van der Waals surface area (Å²) in [4.78, 5) is 78.4. The van der Waals surface area contributed by atoms with Gasteiger partial charge in [-0.15, -0.1) is 0 Å². The van der Waals surface area contributed by atoms with Crippen molar-refractivity contribution >= 4 is 101 Å². The smallest absolute Gasteiger partial charge is 0.338 e. The molecule has 0 atom stereocenters. The molecule has 85 heavy (non-hydrogen) atoms. The summed E-state index contributed by atoms with van der Waals surface area (Å²) in [6.45, 7) is 6.57. The first-order valence-corrected chi connectivity index (χ1v) is 34.1. The number of rotatable bonds is 2. The number of carbonyl (C=O) groups excluding carboxylic acids is 6. The summed E-state index contributed by atoms with van der Waals surface area (Å²) in [5.74, 6) is 24.8. The van der Waals surface area contributed by atoms with Crippen molar-refractivity contribution < 1.29 is 61.9 Å². The van der Waals surface area contributed by atoms with Crippen LogP contribution in [0, 0.1) is 47.4 Å². The highest BCUT2D eigenvalue weighted by Crippen LogP contribution is 2.24. The first kappa shape index (κ1) is 65.0. The fourth-order valence-electron chi connectivity index (χ4n) is 7.18. The van der Waals surface area contributed by atoms with Gasteiger partial charge >= 0.3 is 35.8 Å². The maximum atomic E-state index is 13.5. The topological polar surface area (TPSA) is 167 Å². The highest BCUT2D eigenvalue weighted by molar-refractivity contribution is 8.77. The lowest BCUT2D eigenvalue weighted by Crippen LogP contribution is -2.09. The Bertz CT molecular complexity index is 3110. The van der Waals surface area contributed by atoms with Crippen molar-refractivity contribution in [1.29, 1.82) is 0 Å². The Morgan fingerprint density at radius 2 is 0.471 bits per heavy atom. The third kappa shape index (κ3) is 23.1. The molecular weight excluding hydrogens is 1190 g/mol. The maximum Gasteiger partial charge on any atom is 0.338 e. The SMILES string of the molecule is CCOCC.O=C1OCCSSCCOC(=O)c2ccc(cc2)C#Cc2cc3cc(c2)C(=O)OCCSSCCOC(=O)c2cc(cc(c2)C#Cc2ccc(cc2)C(=O)OCCSSCCOC(=O)c2ccc(cc2)C#C3)C#Cc2ccc1cc2. The highest BCUT2D eigenvalue weighted by Gasteiger charge is 2.15. The van der Waals surface area contributed by atoms with E-state index in [4.69, 9.17) is 33.2 Å². The first-order valence-electron chi connectivity index (χ1n) is 26.7. The molecular formula is C66H56O13S6. The molecule has 0 radical (unpaired) electrons. The molecule has 0 aliphatic carbocycles. The van der Waals surface area contributed by atoms with Crippen molar-refractivity contribution in [2.45, 2.75) is 13.8 Å². The van der Waals surface area contributed by atoms with E-state index < -0.39 is 35.8 Å². The molecule has 0 fully saturated rings. The number of ether oxygens (including phenoxy) is 7. The van der Waals surface area contributed by atoms with E-state index in [1.165, 1.54) is 64.8 Å². The van der Waals surface area contributed by atoms with Gasteiger partial charge in [0.25, 0.3) is 0 Å². The van der Waals surface area contributed by atoms with E-state index in [2.05, 4.69) is 47.4 Å². The second-order valence-electron chi connectivity index (χ2n) is 17.4. The number of hydrogen-bond acceptors (Lipinski definition) is 19. The first-order chi connectivity index (χ1) is 41.5. The van der Waals surface area contributed by atoms with Crippen LogP contribution in [0.15, 0.2) is 133 Å². The van der Waals surface area contributed by atoms with Gasteiger partial charge in [-0.1, -0.05) is 112 Å². The lowest BCUT2D eigenvalue weighted by Gasteiger charge is -2.07. The summed E-state index contributed by atoms with van der Waals surface area (Å²) in [7, 11) is 8.87. The minimum Gasteiger partial charge on any atom is -0.461 e. The predicted octanol–water partition coefficient (Wildman–Crippen LogP) is 12.1. The number of esters is 6. The molecule has 13 nitrogen and oxygen atoms in total. The molecule has 6 aliphatic rings. The molecule has 0 N–H and O–H groups in total. The Balaban J connectivity index is 0.00000198. The van der Waals surface area contributed by atoms with Gasteiger partial charge in [-0.2, -0.15) is 0 Å². The second kappa shape index (κ2) is 36.3. The predicted molar refractivity (Wildman–Crippen MR) is 341 cm³/mol. The lowest BCUT2D eigenvalue weighted by molar-refractivity contribution is 0.0520.